The minimum atomic E-state index is -0.684. The first kappa shape index (κ1) is 10.5. The number of ether oxygens (including phenoxy) is 1. The summed E-state index contributed by atoms with van der Waals surface area (Å²) in [5, 5.41) is 9.82. The Hall–Kier alpha value is -1.00. The zero-order valence-electron chi connectivity index (χ0n) is 8.40. The highest BCUT2D eigenvalue weighted by Crippen LogP contribution is 2.24. The van der Waals surface area contributed by atoms with Gasteiger partial charge in [-0.25, -0.2) is 4.39 Å². The Morgan fingerprint density at radius 2 is 2.47 bits per heavy atom. The first-order valence-electron chi connectivity index (χ1n) is 5.16. The maximum atomic E-state index is 12.8. The molecule has 1 saturated heterocycles. The molecule has 2 heterocycles. The van der Waals surface area contributed by atoms with Crippen LogP contribution in [0.25, 0.3) is 0 Å². The third kappa shape index (κ3) is 2.73. The molecule has 0 spiro atoms. The Balaban J connectivity index is 1.97. The summed E-state index contributed by atoms with van der Waals surface area (Å²) in [4.78, 5) is 3.70. The monoisotopic (exact) mass is 211 g/mol. The molecule has 1 aromatic heterocycles. The first-order chi connectivity index (χ1) is 7.25. The highest BCUT2D eigenvalue weighted by molar-refractivity contribution is 5.13. The minimum Gasteiger partial charge on any atom is -0.388 e. The molecule has 2 unspecified atom stereocenters. The molecule has 1 aliphatic rings. The maximum Gasteiger partial charge on any atom is 0.141 e. The fourth-order valence-corrected chi connectivity index (χ4v) is 1.83. The molecule has 1 aliphatic heterocycles. The molecule has 0 bridgehead atoms. The summed E-state index contributed by atoms with van der Waals surface area (Å²) in [7, 11) is 0. The molecule has 0 aliphatic carbocycles. The summed E-state index contributed by atoms with van der Waals surface area (Å²) in [6.45, 7) is 0.763. The number of aliphatic hydroxyl groups excluding tert-OH is 1. The Morgan fingerprint density at radius 1 is 1.60 bits per heavy atom. The van der Waals surface area contributed by atoms with Crippen molar-refractivity contribution in [2.75, 3.05) is 6.61 Å². The second-order valence-corrected chi connectivity index (χ2v) is 3.82. The van der Waals surface area contributed by atoms with Crippen molar-refractivity contribution in [1.29, 1.82) is 0 Å². The van der Waals surface area contributed by atoms with Gasteiger partial charge in [0.05, 0.1) is 18.4 Å². The maximum absolute atomic E-state index is 12.8. The van der Waals surface area contributed by atoms with E-state index in [9.17, 15) is 9.50 Å². The van der Waals surface area contributed by atoms with E-state index in [0.29, 0.717) is 12.0 Å². The van der Waals surface area contributed by atoms with Gasteiger partial charge < -0.3 is 9.84 Å². The second-order valence-electron chi connectivity index (χ2n) is 3.82. The van der Waals surface area contributed by atoms with Gasteiger partial charge in [-0.05, 0) is 18.9 Å². The smallest absolute Gasteiger partial charge is 0.141 e. The van der Waals surface area contributed by atoms with E-state index in [1.165, 1.54) is 12.3 Å². The minimum absolute atomic E-state index is 0.100. The average Bonchev–Trinajstić information content (AvgIpc) is 2.70. The van der Waals surface area contributed by atoms with Crippen molar-refractivity contribution in [3.63, 3.8) is 0 Å². The number of aromatic nitrogens is 1. The van der Waals surface area contributed by atoms with E-state index in [-0.39, 0.29) is 6.10 Å². The third-order valence-electron chi connectivity index (χ3n) is 2.62. The number of pyridine rings is 1. The Morgan fingerprint density at radius 3 is 3.13 bits per heavy atom. The van der Waals surface area contributed by atoms with Crippen LogP contribution in [0.15, 0.2) is 18.5 Å². The molecule has 4 heteroatoms. The van der Waals surface area contributed by atoms with E-state index in [4.69, 9.17) is 4.74 Å². The van der Waals surface area contributed by atoms with Crippen LogP contribution in [0.2, 0.25) is 0 Å². The zero-order valence-corrected chi connectivity index (χ0v) is 8.40. The van der Waals surface area contributed by atoms with Crippen LogP contribution in [-0.4, -0.2) is 22.8 Å². The SMILES string of the molecule is OC(CC1CCCO1)c1cncc(F)c1. The van der Waals surface area contributed by atoms with E-state index < -0.39 is 11.9 Å². The van der Waals surface area contributed by atoms with Crippen molar-refractivity contribution in [1.82, 2.24) is 4.98 Å². The predicted octanol–water partition coefficient (Wildman–Crippen LogP) is 1.82. The van der Waals surface area contributed by atoms with Crippen LogP contribution in [0.1, 0.15) is 30.9 Å². The highest BCUT2D eigenvalue weighted by atomic mass is 19.1. The predicted molar refractivity (Wildman–Crippen MR) is 52.7 cm³/mol. The molecule has 15 heavy (non-hydrogen) atoms. The van der Waals surface area contributed by atoms with Crippen LogP contribution in [-0.2, 0) is 4.74 Å². The Bertz CT molecular complexity index is 326. The lowest BCUT2D eigenvalue weighted by atomic mass is 10.0. The topological polar surface area (TPSA) is 42.4 Å². The normalized spacial score (nSPS) is 22.9. The van der Waals surface area contributed by atoms with Gasteiger partial charge in [0.15, 0.2) is 0 Å². The molecule has 0 amide bonds. The van der Waals surface area contributed by atoms with E-state index in [0.717, 1.165) is 25.6 Å². The van der Waals surface area contributed by atoms with Gasteiger partial charge in [0, 0.05) is 24.8 Å². The number of aliphatic hydroxyl groups is 1. The summed E-state index contributed by atoms with van der Waals surface area (Å²) >= 11 is 0. The van der Waals surface area contributed by atoms with Gasteiger partial charge in [-0.3, -0.25) is 4.98 Å². The van der Waals surface area contributed by atoms with E-state index in [2.05, 4.69) is 4.98 Å². The molecular formula is C11H14FNO2. The Kier molecular flexibility index (Phi) is 3.28. The van der Waals surface area contributed by atoms with Crippen molar-refractivity contribution in [3.8, 4) is 0 Å². The summed E-state index contributed by atoms with van der Waals surface area (Å²) in [5.41, 5.74) is 0.519. The van der Waals surface area contributed by atoms with Gasteiger partial charge in [0.2, 0.25) is 0 Å². The van der Waals surface area contributed by atoms with Gasteiger partial charge in [-0.15, -0.1) is 0 Å². The van der Waals surface area contributed by atoms with Crippen molar-refractivity contribution in [3.05, 3.63) is 29.8 Å². The third-order valence-corrected chi connectivity index (χ3v) is 2.62. The lowest BCUT2D eigenvalue weighted by Crippen LogP contribution is -2.11. The molecule has 82 valence electrons. The largest absolute Gasteiger partial charge is 0.388 e. The summed E-state index contributed by atoms with van der Waals surface area (Å²) in [6.07, 6.45) is 4.56. The molecule has 0 saturated carbocycles. The number of hydrogen-bond donors (Lipinski definition) is 1. The quantitative estimate of drug-likeness (QED) is 0.829. The van der Waals surface area contributed by atoms with Gasteiger partial charge in [0.25, 0.3) is 0 Å². The fourth-order valence-electron chi connectivity index (χ4n) is 1.83. The lowest BCUT2D eigenvalue weighted by Gasteiger charge is -2.15. The summed E-state index contributed by atoms with van der Waals surface area (Å²) in [6, 6.07) is 1.31. The van der Waals surface area contributed by atoms with Crippen LogP contribution in [0.4, 0.5) is 4.39 Å². The first-order valence-corrected chi connectivity index (χ1v) is 5.16. The van der Waals surface area contributed by atoms with Crippen LogP contribution in [0, 0.1) is 5.82 Å². The highest BCUT2D eigenvalue weighted by Gasteiger charge is 2.20. The average molecular weight is 211 g/mol. The van der Waals surface area contributed by atoms with E-state index >= 15 is 0 Å². The molecule has 2 atom stereocenters. The number of halogens is 1. The molecule has 2 rings (SSSR count). The van der Waals surface area contributed by atoms with E-state index in [1.807, 2.05) is 0 Å². The fraction of sp³-hybridized carbons (Fsp3) is 0.545. The van der Waals surface area contributed by atoms with Crippen molar-refractivity contribution in [2.24, 2.45) is 0 Å². The van der Waals surface area contributed by atoms with Crippen LogP contribution < -0.4 is 0 Å². The number of rotatable bonds is 3. The van der Waals surface area contributed by atoms with E-state index in [1.54, 1.807) is 0 Å². The van der Waals surface area contributed by atoms with Crippen LogP contribution in [0.3, 0.4) is 0 Å². The molecule has 0 aromatic carbocycles. The summed E-state index contributed by atoms with van der Waals surface area (Å²) < 4.78 is 18.2. The zero-order chi connectivity index (χ0) is 10.7. The molecule has 1 N–H and O–H groups in total. The van der Waals surface area contributed by atoms with Crippen molar-refractivity contribution in [2.45, 2.75) is 31.5 Å². The van der Waals surface area contributed by atoms with Crippen LogP contribution in [0.5, 0.6) is 0 Å². The van der Waals surface area contributed by atoms with Gasteiger partial charge in [-0.1, -0.05) is 0 Å². The number of nitrogens with zero attached hydrogens (tertiary/aromatic N) is 1. The molecule has 0 radical (unpaired) electrons. The number of hydrogen-bond acceptors (Lipinski definition) is 3. The second kappa shape index (κ2) is 4.68. The molecular weight excluding hydrogens is 197 g/mol. The molecule has 1 aromatic rings. The standard InChI is InChI=1S/C11H14FNO2/c12-9-4-8(6-13-7-9)11(14)5-10-2-1-3-15-10/h4,6-7,10-11,14H,1-3,5H2. The van der Waals surface area contributed by atoms with Crippen LogP contribution >= 0.6 is 0 Å². The summed E-state index contributed by atoms with van der Waals surface area (Å²) in [5.74, 6) is -0.418. The van der Waals surface area contributed by atoms with Gasteiger partial charge in [0.1, 0.15) is 5.82 Å². The van der Waals surface area contributed by atoms with Crippen molar-refractivity contribution < 1.29 is 14.2 Å². The Labute approximate surface area is 87.9 Å². The van der Waals surface area contributed by atoms with Crippen molar-refractivity contribution >= 4 is 0 Å². The molecule has 3 nitrogen and oxygen atoms in total. The van der Waals surface area contributed by atoms with Gasteiger partial charge >= 0.3 is 0 Å². The van der Waals surface area contributed by atoms with Gasteiger partial charge in [-0.2, -0.15) is 0 Å². The lowest BCUT2D eigenvalue weighted by molar-refractivity contribution is 0.0532. The molecule has 1 fully saturated rings.